The molecular formula is C23H18N2O2. The van der Waals surface area contributed by atoms with Gasteiger partial charge in [-0.25, -0.2) is 0 Å². The van der Waals surface area contributed by atoms with Crippen LogP contribution in [0.1, 0.15) is 43.6 Å². The fraction of sp³-hybridized carbons (Fsp3) is 0.130. The molecule has 0 N–H and O–H groups in total. The van der Waals surface area contributed by atoms with Gasteiger partial charge in [-0.05, 0) is 30.7 Å². The van der Waals surface area contributed by atoms with Crippen LogP contribution in [-0.2, 0) is 6.54 Å². The lowest BCUT2D eigenvalue weighted by atomic mass is 10.0. The van der Waals surface area contributed by atoms with Gasteiger partial charge in [-0.15, -0.1) is 0 Å². The van der Waals surface area contributed by atoms with E-state index in [4.69, 9.17) is 0 Å². The molecule has 2 aliphatic heterocycles. The molecule has 0 saturated heterocycles. The average Bonchev–Trinajstić information content (AvgIpc) is 3.00. The van der Waals surface area contributed by atoms with Crippen molar-refractivity contribution in [3.8, 4) is 0 Å². The van der Waals surface area contributed by atoms with E-state index in [1.54, 1.807) is 15.9 Å². The van der Waals surface area contributed by atoms with Gasteiger partial charge in [0.2, 0.25) is 0 Å². The van der Waals surface area contributed by atoms with Gasteiger partial charge in [-0.3, -0.25) is 14.5 Å². The van der Waals surface area contributed by atoms with Crippen molar-refractivity contribution >= 4 is 17.5 Å². The summed E-state index contributed by atoms with van der Waals surface area (Å²) in [5, 5.41) is 0. The fourth-order valence-corrected chi connectivity index (χ4v) is 4.02. The second-order valence-electron chi connectivity index (χ2n) is 7.07. The SMILES string of the molecule is Cc1ccc(CN2C(=O)c3ccccc3N3C(=O)c4ccccc4C23)cc1. The predicted octanol–water partition coefficient (Wildman–Crippen LogP) is 4.31. The third kappa shape index (κ3) is 2.30. The number of hydrogen-bond acceptors (Lipinski definition) is 2. The highest BCUT2D eigenvalue weighted by atomic mass is 16.2. The van der Waals surface area contributed by atoms with Crippen molar-refractivity contribution in [3.05, 3.63) is 101 Å². The van der Waals surface area contributed by atoms with Gasteiger partial charge in [-0.2, -0.15) is 0 Å². The van der Waals surface area contributed by atoms with Gasteiger partial charge in [0.1, 0.15) is 6.17 Å². The molecule has 0 fully saturated rings. The number of nitrogens with zero attached hydrogens (tertiary/aromatic N) is 2. The smallest absolute Gasteiger partial charge is 0.260 e. The van der Waals surface area contributed by atoms with Crippen LogP contribution in [0.3, 0.4) is 0 Å². The first kappa shape index (κ1) is 15.8. The quantitative estimate of drug-likeness (QED) is 0.688. The van der Waals surface area contributed by atoms with Crippen molar-refractivity contribution in [3.63, 3.8) is 0 Å². The maximum atomic E-state index is 13.3. The molecule has 3 aromatic carbocycles. The van der Waals surface area contributed by atoms with Crippen molar-refractivity contribution in [1.29, 1.82) is 0 Å². The number of carbonyl (C=O) groups is 2. The second-order valence-corrected chi connectivity index (χ2v) is 7.07. The molecule has 5 rings (SSSR count). The van der Waals surface area contributed by atoms with E-state index in [1.807, 2.05) is 73.7 Å². The Bertz CT molecular complexity index is 1070. The maximum Gasteiger partial charge on any atom is 0.260 e. The number of carbonyl (C=O) groups excluding carboxylic acids is 2. The average molecular weight is 354 g/mol. The molecule has 2 aliphatic rings. The lowest BCUT2D eigenvalue weighted by molar-refractivity contribution is 0.0630. The third-order valence-corrected chi connectivity index (χ3v) is 5.36. The van der Waals surface area contributed by atoms with Gasteiger partial charge in [0, 0.05) is 17.7 Å². The van der Waals surface area contributed by atoms with Crippen molar-refractivity contribution in [1.82, 2.24) is 4.90 Å². The zero-order valence-corrected chi connectivity index (χ0v) is 14.9. The van der Waals surface area contributed by atoms with Crippen LogP contribution in [0.2, 0.25) is 0 Å². The molecule has 1 atom stereocenters. The van der Waals surface area contributed by atoms with E-state index in [2.05, 4.69) is 0 Å². The van der Waals surface area contributed by atoms with Crippen LogP contribution in [-0.4, -0.2) is 16.7 Å². The molecule has 0 spiro atoms. The summed E-state index contributed by atoms with van der Waals surface area (Å²) in [4.78, 5) is 30.0. The van der Waals surface area contributed by atoms with Crippen LogP contribution in [0, 0.1) is 6.92 Å². The summed E-state index contributed by atoms with van der Waals surface area (Å²) in [5.41, 5.74) is 5.04. The highest BCUT2D eigenvalue weighted by Gasteiger charge is 2.47. The highest BCUT2D eigenvalue weighted by Crippen LogP contribution is 2.45. The largest absolute Gasteiger partial charge is 0.309 e. The van der Waals surface area contributed by atoms with Crippen molar-refractivity contribution in [2.45, 2.75) is 19.6 Å². The zero-order chi connectivity index (χ0) is 18.5. The first-order valence-electron chi connectivity index (χ1n) is 9.03. The second kappa shape index (κ2) is 5.81. The molecule has 1 unspecified atom stereocenters. The number of hydrogen-bond donors (Lipinski definition) is 0. The standard InChI is InChI=1S/C23H18N2O2/c1-15-10-12-16(13-11-15)14-24-21-17-6-2-3-7-18(17)23(27)25(21)20-9-5-4-8-19(20)22(24)26/h2-13,21H,14H2,1H3. The molecule has 0 aromatic heterocycles. The zero-order valence-electron chi connectivity index (χ0n) is 14.9. The third-order valence-electron chi connectivity index (χ3n) is 5.36. The topological polar surface area (TPSA) is 40.6 Å². The van der Waals surface area contributed by atoms with E-state index < -0.39 is 6.17 Å². The molecule has 4 nitrogen and oxygen atoms in total. The van der Waals surface area contributed by atoms with E-state index in [-0.39, 0.29) is 11.8 Å². The maximum absolute atomic E-state index is 13.3. The van der Waals surface area contributed by atoms with Crippen LogP contribution >= 0.6 is 0 Å². The summed E-state index contributed by atoms with van der Waals surface area (Å²) in [5.74, 6) is -0.0959. The minimum absolute atomic E-state index is 0.0445. The number of amides is 2. The molecule has 0 aliphatic carbocycles. The molecule has 4 heteroatoms. The number of anilines is 1. The minimum Gasteiger partial charge on any atom is -0.309 e. The summed E-state index contributed by atoms with van der Waals surface area (Å²) >= 11 is 0. The monoisotopic (exact) mass is 354 g/mol. The highest BCUT2D eigenvalue weighted by molar-refractivity contribution is 6.16. The van der Waals surface area contributed by atoms with Crippen molar-refractivity contribution in [2.24, 2.45) is 0 Å². The van der Waals surface area contributed by atoms with E-state index in [0.29, 0.717) is 23.4 Å². The van der Waals surface area contributed by atoms with Crippen LogP contribution in [0.4, 0.5) is 5.69 Å². The Morgan fingerprint density at radius 2 is 1.44 bits per heavy atom. The van der Waals surface area contributed by atoms with Crippen LogP contribution in [0.25, 0.3) is 0 Å². The lowest BCUT2D eigenvalue weighted by Gasteiger charge is -2.41. The Balaban J connectivity index is 1.67. The molecule has 3 aromatic rings. The molecule has 0 saturated carbocycles. The number of benzene rings is 3. The fourth-order valence-electron chi connectivity index (χ4n) is 4.02. The predicted molar refractivity (Wildman–Crippen MR) is 103 cm³/mol. The minimum atomic E-state index is -0.405. The molecule has 27 heavy (non-hydrogen) atoms. The lowest BCUT2D eigenvalue weighted by Crippen LogP contribution is -2.47. The number of para-hydroxylation sites is 1. The van der Waals surface area contributed by atoms with Gasteiger partial charge in [0.15, 0.2) is 0 Å². The summed E-state index contributed by atoms with van der Waals surface area (Å²) in [6.45, 7) is 2.50. The van der Waals surface area contributed by atoms with E-state index in [0.717, 1.165) is 11.1 Å². The first-order chi connectivity index (χ1) is 13.1. The first-order valence-corrected chi connectivity index (χ1v) is 9.03. The van der Waals surface area contributed by atoms with Gasteiger partial charge < -0.3 is 4.90 Å². The van der Waals surface area contributed by atoms with Crippen LogP contribution in [0.15, 0.2) is 72.8 Å². The van der Waals surface area contributed by atoms with Crippen molar-refractivity contribution < 1.29 is 9.59 Å². The summed E-state index contributed by atoms with van der Waals surface area (Å²) in [6, 6.07) is 23.1. The molecule has 2 heterocycles. The molecule has 0 bridgehead atoms. The van der Waals surface area contributed by atoms with Crippen LogP contribution < -0.4 is 4.90 Å². The molecule has 2 amide bonds. The number of rotatable bonds is 2. The van der Waals surface area contributed by atoms with Gasteiger partial charge in [0.05, 0.1) is 11.3 Å². The Kier molecular flexibility index (Phi) is 3.41. The van der Waals surface area contributed by atoms with Gasteiger partial charge >= 0.3 is 0 Å². The van der Waals surface area contributed by atoms with E-state index in [9.17, 15) is 9.59 Å². The molecule has 132 valence electrons. The number of fused-ring (bicyclic) bond motifs is 5. The Morgan fingerprint density at radius 1 is 0.778 bits per heavy atom. The van der Waals surface area contributed by atoms with Crippen LogP contribution in [0.5, 0.6) is 0 Å². The number of aryl methyl sites for hydroxylation is 1. The summed E-state index contributed by atoms with van der Waals surface area (Å²) in [6.07, 6.45) is -0.405. The summed E-state index contributed by atoms with van der Waals surface area (Å²) < 4.78 is 0. The van der Waals surface area contributed by atoms with Crippen molar-refractivity contribution in [2.75, 3.05) is 4.90 Å². The van der Waals surface area contributed by atoms with Gasteiger partial charge in [0.25, 0.3) is 11.8 Å². The molecular weight excluding hydrogens is 336 g/mol. The normalized spacial score (nSPS) is 17.6. The Hall–Kier alpha value is -3.40. The Labute approximate surface area is 157 Å². The molecule has 0 radical (unpaired) electrons. The van der Waals surface area contributed by atoms with E-state index in [1.165, 1.54) is 5.56 Å². The van der Waals surface area contributed by atoms with E-state index >= 15 is 0 Å². The summed E-state index contributed by atoms with van der Waals surface area (Å²) in [7, 11) is 0. The van der Waals surface area contributed by atoms with Gasteiger partial charge in [-0.1, -0.05) is 60.2 Å². The Morgan fingerprint density at radius 3 is 2.22 bits per heavy atom.